The maximum Gasteiger partial charge on any atom is 0.189 e. The van der Waals surface area contributed by atoms with Crippen molar-refractivity contribution in [2.24, 2.45) is 0 Å². The van der Waals surface area contributed by atoms with Gasteiger partial charge in [0, 0.05) is 28.5 Å². The van der Waals surface area contributed by atoms with Crippen molar-refractivity contribution < 1.29 is 13.9 Å². The van der Waals surface area contributed by atoms with Gasteiger partial charge in [-0.1, -0.05) is 60.2 Å². The SMILES string of the molecule is COc1ccccc1C1CC(c2ccc(F)cc2)C=C1C(=O)c1cccc(C)c1. The van der Waals surface area contributed by atoms with E-state index in [0.29, 0.717) is 5.56 Å². The number of hydrogen-bond donors (Lipinski definition) is 0. The van der Waals surface area contributed by atoms with Gasteiger partial charge in [-0.05, 0) is 43.2 Å². The van der Waals surface area contributed by atoms with Crippen molar-refractivity contribution in [3.8, 4) is 5.75 Å². The Morgan fingerprint density at radius 2 is 1.76 bits per heavy atom. The third kappa shape index (κ3) is 3.86. The van der Waals surface area contributed by atoms with E-state index in [1.54, 1.807) is 19.2 Å². The zero-order valence-electron chi connectivity index (χ0n) is 16.6. The van der Waals surface area contributed by atoms with Crippen LogP contribution in [0.1, 0.15) is 45.3 Å². The van der Waals surface area contributed by atoms with Crippen LogP contribution in [0.2, 0.25) is 0 Å². The lowest BCUT2D eigenvalue weighted by atomic mass is 9.86. The molecule has 0 spiro atoms. The Bertz CT molecular complexity index is 1070. The minimum atomic E-state index is -0.256. The van der Waals surface area contributed by atoms with Crippen molar-refractivity contribution in [1.82, 2.24) is 0 Å². The van der Waals surface area contributed by atoms with E-state index in [2.05, 4.69) is 6.08 Å². The second-order valence-electron chi connectivity index (χ2n) is 7.51. The first-order valence-electron chi connectivity index (χ1n) is 9.78. The molecule has 0 N–H and O–H groups in total. The lowest BCUT2D eigenvalue weighted by Crippen LogP contribution is -2.10. The van der Waals surface area contributed by atoms with Crippen LogP contribution in [-0.2, 0) is 0 Å². The van der Waals surface area contributed by atoms with Gasteiger partial charge in [0.1, 0.15) is 11.6 Å². The molecule has 2 unspecified atom stereocenters. The number of ketones is 1. The van der Waals surface area contributed by atoms with E-state index in [1.165, 1.54) is 12.1 Å². The zero-order chi connectivity index (χ0) is 20.4. The van der Waals surface area contributed by atoms with Crippen LogP contribution in [0.4, 0.5) is 4.39 Å². The number of benzene rings is 3. The number of aryl methyl sites for hydroxylation is 1. The van der Waals surface area contributed by atoms with Gasteiger partial charge in [0.15, 0.2) is 5.78 Å². The van der Waals surface area contributed by atoms with Gasteiger partial charge in [0.05, 0.1) is 7.11 Å². The minimum Gasteiger partial charge on any atom is -0.496 e. The summed E-state index contributed by atoms with van der Waals surface area (Å²) in [7, 11) is 1.65. The molecule has 146 valence electrons. The van der Waals surface area contributed by atoms with E-state index >= 15 is 0 Å². The molecule has 0 bridgehead atoms. The fourth-order valence-corrected chi connectivity index (χ4v) is 4.16. The second-order valence-corrected chi connectivity index (χ2v) is 7.51. The zero-order valence-corrected chi connectivity index (χ0v) is 16.6. The number of rotatable bonds is 5. The lowest BCUT2D eigenvalue weighted by molar-refractivity contribution is 0.102. The van der Waals surface area contributed by atoms with Crippen LogP contribution < -0.4 is 4.74 Å². The minimum absolute atomic E-state index is 0.0363. The highest BCUT2D eigenvalue weighted by Crippen LogP contribution is 2.46. The third-order valence-electron chi connectivity index (χ3n) is 5.60. The average molecular weight is 386 g/mol. The van der Waals surface area contributed by atoms with E-state index in [-0.39, 0.29) is 23.4 Å². The number of methoxy groups -OCH3 is 1. The van der Waals surface area contributed by atoms with Gasteiger partial charge in [0.25, 0.3) is 0 Å². The van der Waals surface area contributed by atoms with Gasteiger partial charge in [-0.15, -0.1) is 0 Å². The van der Waals surface area contributed by atoms with Gasteiger partial charge in [-0.25, -0.2) is 4.39 Å². The number of carbonyl (C=O) groups excluding carboxylic acids is 1. The molecule has 0 amide bonds. The molecule has 3 aromatic carbocycles. The summed E-state index contributed by atoms with van der Waals surface area (Å²) in [4.78, 5) is 13.4. The number of allylic oxidation sites excluding steroid dienone is 2. The quantitative estimate of drug-likeness (QED) is 0.486. The molecule has 0 radical (unpaired) electrons. The van der Waals surface area contributed by atoms with E-state index in [9.17, 15) is 9.18 Å². The van der Waals surface area contributed by atoms with E-state index in [4.69, 9.17) is 4.74 Å². The van der Waals surface area contributed by atoms with Crippen LogP contribution in [0.5, 0.6) is 5.75 Å². The molecule has 0 aliphatic heterocycles. The summed E-state index contributed by atoms with van der Waals surface area (Å²) in [6, 6.07) is 22.1. The number of hydrogen-bond acceptors (Lipinski definition) is 2. The summed E-state index contributed by atoms with van der Waals surface area (Å²) >= 11 is 0. The largest absolute Gasteiger partial charge is 0.496 e. The topological polar surface area (TPSA) is 26.3 Å². The third-order valence-corrected chi connectivity index (χ3v) is 5.60. The summed E-state index contributed by atoms with van der Waals surface area (Å²) < 4.78 is 19.0. The molecule has 0 heterocycles. The molecule has 0 saturated carbocycles. The van der Waals surface area contributed by atoms with Crippen molar-refractivity contribution in [3.05, 3.63) is 113 Å². The van der Waals surface area contributed by atoms with Crippen molar-refractivity contribution >= 4 is 5.78 Å². The number of para-hydroxylation sites is 1. The van der Waals surface area contributed by atoms with Crippen LogP contribution in [0, 0.1) is 12.7 Å². The first-order chi connectivity index (χ1) is 14.1. The van der Waals surface area contributed by atoms with E-state index in [0.717, 1.165) is 34.4 Å². The Balaban J connectivity index is 1.78. The van der Waals surface area contributed by atoms with Crippen LogP contribution in [0.3, 0.4) is 0 Å². The Morgan fingerprint density at radius 3 is 2.48 bits per heavy atom. The molecule has 29 heavy (non-hydrogen) atoms. The molecule has 3 aromatic rings. The molecule has 1 aliphatic carbocycles. The van der Waals surface area contributed by atoms with E-state index < -0.39 is 0 Å². The van der Waals surface area contributed by atoms with Crippen molar-refractivity contribution in [1.29, 1.82) is 0 Å². The highest BCUT2D eigenvalue weighted by atomic mass is 19.1. The van der Waals surface area contributed by atoms with Gasteiger partial charge in [0.2, 0.25) is 0 Å². The maximum atomic E-state index is 13.4. The van der Waals surface area contributed by atoms with Crippen molar-refractivity contribution in [3.63, 3.8) is 0 Å². The van der Waals surface area contributed by atoms with E-state index in [1.807, 2.05) is 55.5 Å². The normalized spacial score (nSPS) is 18.4. The molecule has 4 rings (SSSR count). The van der Waals surface area contributed by atoms with Crippen LogP contribution in [0.25, 0.3) is 0 Å². The molecule has 1 aliphatic rings. The molecule has 0 saturated heterocycles. The fraction of sp³-hybridized carbons (Fsp3) is 0.192. The fourth-order valence-electron chi connectivity index (χ4n) is 4.16. The summed E-state index contributed by atoms with van der Waals surface area (Å²) in [5.74, 6) is 0.533. The van der Waals surface area contributed by atoms with Crippen LogP contribution in [0.15, 0.2) is 84.4 Å². The molecular weight excluding hydrogens is 363 g/mol. The predicted octanol–water partition coefficient (Wildman–Crippen LogP) is 6.22. The monoisotopic (exact) mass is 386 g/mol. The molecule has 0 aromatic heterocycles. The molecular formula is C26H23FO2. The van der Waals surface area contributed by atoms with Gasteiger partial charge >= 0.3 is 0 Å². The van der Waals surface area contributed by atoms with Crippen molar-refractivity contribution in [2.45, 2.75) is 25.2 Å². The first-order valence-corrected chi connectivity index (χ1v) is 9.78. The number of carbonyl (C=O) groups is 1. The second kappa shape index (κ2) is 8.04. The predicted molar refractivity (Wildman–Crippen MR) is 113 cm³/mol. The summed E-state index contributed by atoms with van der Waals surface area (Å²) in [6.45, 7) is 1.98. The lowest BCUT2D eigenvalue weighted by Gasteiger charge is -2.19. The highest BCUT2D eigenvalue weighted by Gasteiger charge is 2.34. The molecule has 0 fully saturated rings. The molecule has 3 heteroatoms. The van der Waals surface area contributed by atoms with Crippen molar-refractivity contribution in [2.75, 3.05) is 7.11 Å². The highest BCUT2D eigenvalue weighted by molar-refractivity contribution is 6.10. The maximum absolute atomic E-state index is 13.4. The van der Waals surface area contributed by atoms with Gasteiger partial charge in [-0.2, -0.15) is 0 Å². The van der Waals surface area contributed by atoms with Gasteiger partial charge in [-0.3, -0.25) is 4.79 Å². The summed E-state index contributed by atoms with van der Waals surface area (Å²) in [6.07, 6.45) is 2.80. The summed E-state index contributed by atoms with van der Waals surface area (Å²) in [5, 5.41) is 0. The Hall–Kier alpha value is -3.20. The molecule has 2 nitrogen and oxygen atoms in total. The first kappa shape index (κ1) is 19.1. The Morgan fingerprint density at radius 1 is 1.00 bits per heavy atom. The smallest absolute Gasteiger partial charge is 0.189 e. The number of Topliss-reactive ketones (excluding diaryl/α,β-unsaturated/α-hetero) is 1. The molecule has 2 atom stereocenters. The Labute approximate surface area is 170 Å². The standard InChI is InChI=1S/C26H23FO2/c1-17-6-5-7-19(14-17)26(28)24-16-20(18-10-12-21(27)13-11-18)15-23(24)22-8-3-4-9-25(22)29-2/h3-14,16,20,23H,15H2,1-2H3. The summed E-state index contributed by atoms with van der Waals surface area (Å²) in [5.41, 5.74) is 4.54. The van der Waals surface area contributed by atoms with Crippen LogP contribution >= 0.6 is 0 Å². The number of halogens is 1. The average Bonchev–Trinajstić information content (AvgIpc) is 3.19. The van der Waals surface area contributed by atoms with Crippen LogP contribution in [-0.4, -0.2) is 12.9 Å². The Kier molecular flexibility index (Phi) is 5.30. The van der Waals surface area contributed by atoms with Gasteiger partial charge < -0.3 is 4.74 Å². The number of ether oxygens (including phenoxy) is 1.